The maximum absolute atomic E-state index is 13.2. The minimum atomic E-state index is -3.67. The molecule has 3 rings (SSSR count). The molecule has 1 aliphatic rings. The fourth-order valence-corrected chi connectivity index (χ4v) is 5.52. The molecule has 0 bridgehead atoms. The van der Waals surface area contributed by atoms with Gasteiger partial charge in [0.2, 0.25) is 15.9 Å². The van der Waals surface area contributed by atoms with E-state index in [0.29, 0.717) is 46.3 Å². The van der Waals surface area contributed by atoms with Crippen molar-refractivity contribution in [3.8, 4) is 5.75 Å². The average Bonchev–Trinajstić information content (AvgIpc) is 2.70. The Morgan fingerprint density at radius 3 is 2.69 bits per heavy atom. The van der Waals surface area contributed by atoms with E-state index in [4.69, 9.17) is 16.3 Å². The number of aryl methyl sites for hydroxylation is 2. The number of piperidine rings is 1. The Hall–Kier alpha value is -2.09. The van der Waals surface area contributed by atoms with Crippen LogP contribution >= 0.6 is 11.6 Å². The number of methoxy groups -OCH3 is 1. The van der Waals surface area contributed by atoms with Crippen LogP contribution in [0.4, 0.5) is 5.69 Å². The van der Waals surface area contributed by atoms with Crippen molar-refractivity contribution in [2.24, 2.45) is 5.92 Å². The lowest BCUT2D eigenvalue weighted by molar-refractivity contribution is -0.120. The van der Waals surface area contributed by atoms with Gasteiger partial charge in [0.05, 0.1) is 23.6 Å². The number of ether oxygens (including phenoxy) is 1. The Kier molecular flexibility index (Phi) is 6.51. The zero-order chi connectivity index (χ0) is 21.2. The zero-order valence-electron chi connectivity index (χ0n) is 16.7. The Morgan fingerprint density at radius 1 is 1.21 bits per heavy atom. The van der Waals surface area contributed by atoms with Crippen LogP contribution in [0.5, 0.6) is 5.75 Å². The number of amides is 1. The van der Waals surface area contributed by atoms with Crippen LogP contribution in [0.1, 0.15) is 24.0 Å². The monoisotopic (exact) mass is 436 g/mol. The molecule has 1 amide bonds. The summed E-state index contributed by atoms with van der Waals surface area (Å²) in [7, 11) is -2.15. The summed E-state index contributed by atoms with van der Waals surface area (Å²) >= 11 is 6.03. The molecule has 1 aliphatic heterocycles. The molecule has 0 spiro atoms. The van der Waals surface area contributed by atoms with E-state index in [1.807, 2.05) is 19.1 Å². The van der Waals surface area contributed by atoms with E-state index in [0.717, 1.165) is 5.56 Å². The van der Waals surface area contributed by atoms with E-state index in [-0.39, 0.29) is 12.5 Å². The largest absolute Gasteiger partial charge is 0.495 e. The zero-order valence-corrected chi connectivity index (χ0v) is 18.3. The van der Waals surface area contributed by atoms with Crippen molar-refractivity contribution in [2.75, 3.05) is 25.5 Å². The second kappa shape index (κ2) is 8.73. The second-order valence-corrected chi connectivity index (χ2v) is 9.65. The highest BCUT2D eigenvalue weighted by Gasteiger charge is 2.34. The number of anilines is 1. The summed E-state index contributed by atoms with van der Waals surface area (Å²) in [5.74, 6) is -0.197. The second-order valence-electron chi connectivity index (χ2n) is 7.31. The number of sulfonamides is 1. The normalized spacial score (nSPS) is 17.7. The van der Waals surface area contributed by atoms with Gasteiger partial charge in [-0.2, -0.15) is 4.31 Å². The van der Waals surface area contributed by atoms with E-state index in [1.165, 1.54) is 11.4 Å². The molecule has 1 fully saturated rings. The summed E-state index contributed by atoms with van der Waals surface area (Å²) in [5.41, 5.74) is 2.05. The van der Waals surface area contributed by atoms with Crippen molar-refractivity contribution in [3.05, 3.63) is 52.5 Å². The summed E-state index contributed by atoms with van der Waals surface area (Å²) in [4.78, 5) is 13.1. The number of rotatable bonds is 5. The van der Waals surface area contributed by atoms with Gasteiger partial charge in [0.25, 0.3) is 0 Å². The van der Waals surface area contributed by atoms with Gasteiger partial charge in [0.15, 0.2) is 0 Å². The molecule has 0 aliphatic carbocycles. The van der Waals surface area contributed by atoms with Gasteiger partial charge in [-0.15, -0.1) is 0 Å². The molecule has 0 radical (unpaired) electrons. The Morgan fingerprint density at radius 2 is 1.97 bits per heavy atom. The van der Waals surface area contributed by atoms with Crippen LogP contribution in [-0.2, 0) is 14.8 Å². The molecular weight excluding hydrogens is 412 g/mol. The van der Waals surface area contributed by atoms with Crippen LogP contribution in [0, 0.1) is 19.8 Å². The number of hydrogen-bond acceptors (Lipinski definition) is 4. The van der Waals surface area contributed by atoms with Crippen molar-refractivity contribution in [2.45, 2.75) is 31.6 Å². The smallest absolute Gasteiger partial charge is 0.243 e. The molecule has 29 heavy (non-hydrogen) atoms. The van der Waals surface area contributed by atoms with Gasteiger partial charge in [-0.05, 0) is 62.1 Å². The molecule has 8 heteroatoms. The first-order chi connectivity index (χ1) is 13.7. The van der Waals surface area contributed by atoms with Gasteiger partial charge in [0.1, 0.15) is 5.75 Å². The van der Waals surface area contributed by atoms with Crippen molar-refractivity contribution < 1.29 is 17.9 Å². The van der Waals surface area contributed by atoms with Gasteiger partial charge >= 0.3 is 0 Å². The highest BCUT2D eigenvalue weighted by Crippen LogP contribution is 2.30. The number of benzene rings is 2. The molecule has 0 unspecified atom stereocenters. The maximum atomic E-state index is 13.2. The summed E-state index contributed by atoms with van der Waals surface area (Å²) in [5, 5.41) is 3.31. The minimum absolute atomic E-state index is 0.143. The summed E-state index contributed by atoms with van der Waals surface area (Å²) in [6, 6.07) is 10.4. The molecular formula is C21H25ClN2O4S. The van der Waals surface area contributed by atoms with Crippen LogP contribution < -0.4 is 10.1 Å². The van der Waals surface area contributed by atoms with Crippen LogP contribution in [0.15, 0.2) is 41.3 Å². The lowest BCUT2D eigenvalue weighted by atomic mass is 9.98. The van der Waals surface area contributed by atoms with Crippen LogP contribution in [-0.4, -0.2) is 38.8 Å². The number of halogens is 1. The topological polar surface area (TPSA) is 75.7 Å². The summed E-state index contributed by atoms with van der Waals surface area (Å²) in [6.45, 7) is 4.19. The van der Waals surface area contributed by atoms with Crippen LogP contribution in [0.3, 0.4) is 0 Å². The van der Waals surface area contributed by atoms with E-state index in [1.54, 1.807) is 31.2 Å². The third-order valence-electron chi connectivity index (χ3n) is 5.14. The lowest BCUT2D eigenvalue weighted by Gasteiger charge is -2.31. The predicted octanol–water partition coefficient (Wildman–Crippen LogP) is 4.00. The molecule has 0 saturated carbocycles. The first-order valence-electron chi connectivity index (χ1n) is 9.44. The SMILES string of the molecule is COc1ccc(Cl)cc1NC(=O)[C@@H]1CCCN(S(=O)(=O)c2cc(C)ccc2C)C1. The standard InChI is InChI=1S/C21H25ClN2O4S/c1-14-6-7-15(2)20(11-14)29(26,27)24-10-4-5-16(13-24)21(25)23-18-12-17(22)8-9-19(18)28-3/h6-9,11-12,16H,4-5,10,13H2,1-3H3,(H,23,25)/t16-/m1/s1. The molecule has 156 valence electrons. The Bertz CT molecular complexity index is 1020. The number of nitrogens with one attached hydrogen (secondary N) is 1. The molecule has 1 heterocycles. The lowest BCUT2D eigenvalue weighted by Crippen LogP contribution is -2.43. The van der Waals surface area contributed by atoms with Crippen LogP contribution in [0.2, 0.25) is 5.02 Å². The first-order valence-corrected chi connectivity index (χ1v) is 11.3. The van der Waals surface area contributed by atoms with Gasteiger partial charge in [-0.1, -0.05) is 23.7 Å². The van der Waals surface area contributed by atoms with Gasteiger partial charge in [-0.25, -0.2) is 8.42 Å². The van der Waals surface area contributed by atoms with Crippen molar-refractivity contribution in [1.82, 2.24) is 4.31 Å². The summed E-state index contributed by atoms with van der Waals surface area (Å²) < 4.78 is 33.1. The quantitative estimate of drug-likeness (QED) is 0.768. The van der Waals surface area contributed by atoms with Gasteiger partial charge in [0, 0.05) is 18.1 Å². The third kappa shape index (κ3) is 4.74. The molecule has 6 nitrogen and oxygen atoms in total. The van der Waals surface area contributed by atoms with Gasteiger partial charge < -0.3 is 10.1 Å². The fraction of sp³-hybridized carbons (Fsp3) is 0.381. The van der Waals surface area contributed by atoms with E-state index >= 15 is 0 Å². The van der Waals surface area contributed by atoms with Crippen molar-refractivity contribution in [1.29, 1.82) is 0 Å². The molecule has 2 aromatic rings. The minimum Gasteiger partial charge on any atom is -0.495 e. The Labute approximate surface area is 176 Å². The molecule has 0 aromatic heterocycles. The van der Waals surface area contributed by atoms with Crippen molar-refractivity contribution in [3.63, 3.8) is 0 Å². The number of hydrogen-bond donors (Lipinski definition) is 1. The number of carbonyl (C=O) groups excluding carboxylic acids is 1. The average molecular weight is 437 g/mol. The van der Waals surface area contributed by atoms with E-state index in [9.17, 15) is 13.2 Å². The van der Waals surface area contributed by atoms with E-state index < -0.39 is 15.9 Å². The highest BCUT2D eigenvalue weighted by atomic mass is 35.5. The number of nitrogens with zero attached hydrogens (tertiary/aromatic N) is 1. The predicted molar refractivity (Wildman–Crippen MR) is 114 cm³/mol. The molecule has 1 N–H and O–H groups in total. The first kappa shape index (κ1) is 21.6. The van der Waals surface area contributed by atoms with E-state index in [2.05, 4.69) is 5.32 Å². The van der Waals surface area contributed by atoms with Gasteiger partial charge in [-0.3, -0.25) is 4.79 Å². The highest BCUT2D eigenvalue weighted by molar-refractivity contribution is 7.89. The maximum Gasteiger partial charge on any atom is 0.243 e. The molecule has 2 aromatic carbocycles. The Balaban J connectivity index is 1.79. The molecule has 1 atom stereocenters. The number of carbonyl (C=O) groups is 1. The summed E-state index contributed by atoms with van der Waals surface area (Å²) in [6.07, 6.45) is 1.24. The van der Waals surface area contributed by atoms with Crippen molar-refractivity contribution >= 4 is 33.2 Å². The molecule has 1 saturated heterocycles. The van der Waals surface area contributed by atoms with Crippen LogP contribution in [0.25, 0.3) is 0 Å². The third-order valence-corrected chi connectivity index (χ3v) is 7.38. The fourth-order valence-electron chi connectivity index (χ4n) is 3.51.